The van der Waals surface area contributed by atoms with Crippen LogP contribution in [0.5, 0.6) is 0 Å². The van der Waals surface area contributed by atoms with Crippen molar-refractivity contribution in [3.8, 4) is 0 Å². The fourth-order valence-corrected chi connectivity index (χ4v) is 2.12. The largest absolute Gasteiger partial charge is 0.328 e. The van der Waals surface area contributed by atoms with Crippen LogP contribution in [0.15, 0.2) is 36.4 Å². The Morgan fingerprint density at radius 1 is 1.26 bits per heavy atom. The molecule has 2 N–H and O–H groups in total. The van der Waals surface area contributed by atoms with Gasteiger partial charge in [-0.25, -0.2) is 0 Å². The predicted molar refractivity (Wildman–Crippen MR) is 78.0 cm³/mol. The third-order valence-corrected chi connectivity index (χ3v) is 3.15. The Balaban J connectivity index is 1.95. The molecule has 0 aliphatic carbocycles. The SMILES string of the molecule is CC(N)CCCC(=O)Cc1ccc2ccccc2n1. The maximum absolute atomic E-state index is 11.8. The van der Waals surface area contributed by atoms with E-state index in [4.69, 9.17) is 5.73 Å². The Morgan fingerprint density at radius 2 is 2.05 bits per heavy atom. The van der Waals surface area contributed by atoms with E-state index in [9.17, 15) is 4.79 Å². The van der Waals surface area contributed by atoms with Crippen molar-refractivity contribution in [3.63, 3.8) is 0 Å². The van der Waals surface area contributed by atoms with E-state index in [0.717, 1.165) is 29.4 Å². The van der Waals surface area contributed by atoms with Gasteiger partial charge >= 0.3 is 0 Å². The van der Waals surface area contributed by atoms with Crippen LogP contribution in [0.1, 0.15) is 31.9 Å². The monoisotopic (exact) mass is 256 g/mol. The van der Waals surface area contributed by atoms with Crippen LogP contribution in [-0.2, 0) is 11.2 Å². The number of nitrogens with two attached hydrogens (primary N) is 1. The number of ketones is 1. The van der Waals surface area contributed by atoms with E-state index < -0.39 is 0 Å². The molecule has 2 aromatic rings. The topological polar surface area (TPSA) is 56.0 Å². The van der Waals surface area contributed by atoms with Gasteiger partial charge in [0, 0.05) is 30.0 Å². The normalized spacial score (nSPS) is 12.5. The van der Waals surface area contributed by atoms with Crippen LogP contribution in [0.3, 0.4) is 0 Å². The Morgan fingerprint density at radius 3 is 2.84 bits per heavy atom. The summed E-state index contributed by atoms with van der Waals surface area (Å²) in [5.41, 5.74) is 7.47. The van der Waals surface area contributed by atoms with Crippen molar-refractivity contribution in [2.24, 2.45) is 5.73 Å². The van der Waals surface area contributed by atoms with Crippen LogP contribution in [0.2, 0.25) is 0 Å². The summed E-state index contributed by atoms with van der Waals surface area (Å²) in [5, 5.41) is 1.11. The van der Waals surface area contributed by atoms with Gasteiger partial charge in [0.2, 0.25) is 0 Å². The van der Waals surface area contributed by atoms with E-state index in [1.165, 1.54) is 0 Å². The number of nitrogens with zero attached hydrogens (tertiary/aromatic N) is 1. The van der Waals surface area contributed by atoms with E-state index in [-0.39, 0.29) is 11.8 Å². The smallest absolute Gasteiger partial charge is 0.138 e. The number of hydrogen-bond donors (Lipinski definition) is 1. The van der Waals surface area contributed by atoms with Gasteiger partial charge in [0.1, 0.15) is 5.78 Å². The summed E-state index contributed by atoms with van der Waals surface area (Å²) in [6, 6.07) is 12.1. The van der Waals surface area contributed by atoms with Gasteiger partial charge < -0.3 is 5.73 Å². The Hall–Kier alpha value is -1.74. The van der Waals surface area contributed by atoms with Crippen molar-refractivity contribution < 1.29 is 4.79 Å². The van der Waals surface area contributed by atoms with Gasteiger partial charge in [-0.1, -0.05) is 24.3 Å². The molecule has 0 fully saturated rings. The molecule has 0 bridgehead atoms. The fourth-order valence-electron chi connectivity index (χ4n) is 2.12. The first-order chi connectivity index (χ1) is 9.15. The highest BCUT2D eigenvalue weighted by molar-refractivity contribution is 5.82. The van der Waals surface area contributed by atoms with Crippen LogP contribution in [0.25, 0.3) is 10.9 Å². The zero-order valence-corrected chi connectivity index (χ0v) is 11.3. The maximum Gasteiger partial charge on any atom is 0.138 e. The molecule has 1 aromatic carbocycles. The average molecular weight is 256 g/mol. The van der Waals surface area contributed by atoms with Crippen molar-refractivity contribution in [1.82, 2.24) is 4.98 Å². The molecule has 1 aromatic heterocycles. The summed E-state index contributed by atoms with van der Waals surface area (Å²) < 4.78 is 0. The van der Waals surface area contributed by atoms with Gasteiger partial charge in [0.25, 0.3) is 0 Å². The summed E-state index contributed by atoms with van der Waals surface area (Å²) in [6.07, 6.45) is 2.78. The van der Waals surface area contributed by atoms with E-state index >= 15 is 0 Å². The lowest BCUT2D eigenvalue weighted by Gasteiger charge is -2.05. The second kappa shape index (κ2) is 6.43. The molecule has 0 aliphatic heterocycles. The first-order valence-corrected chi connectivity index (χ1v) is 6.77. The fraction of sp³-hybridized carbons (Fsp3) is 0.375. The lowest BCUT2D eigenvalue weighted by molar-refractivity contribution is -0.118. The molecule has 2 rings (SSSR count). The highest BCUT2D eigenvalue weighted by Crippen LogP contribution is 2.13. The number of aromatic nitrogens is 1. The highest BCUT2D eigenvalue weighted by atomic mass is 16.1. The van der Waals surface area contributed by atoms with Gasteiger partial charge in [-0.2, -0.15) is 0 Å². The molecule has 3 nitrogen and oxygen atoms in total. The number of hydrogen-bond acceptors (Lipinski definition) is 3. The van der Waals surface area contributed by atoms with Crippen LogP contribution in [0.4, 0.5) is 0 Å². The quantitative estimate of drug-likeness (QED) is 0.864. The van der Waals surface area contributed by atoms with Crippen molar-refractivity contribution in [2.45, 2.75) is 38.6 Å². The number of fused-ring (bicyclic) bond motifs is 1. The van der Waals surface area contributed by atoms with Gasteiger partial charge in [0.05, 0.1) is 5.52 Å². The maximum atomic E-state index is 11.8. The number of carbonyl (C=O) groups is 1. The van der Waals surface area contributed by atoms with E-state index in [1.54, 1.807) is 0 Å². The summed E-state index contributed by atoms with van der Waals surface area (Å²) >= 11 is 0. The number of carbonyl (C=O) groups excluding carboxylic acids is 1. The number of pyridine rings is 1. The molecule has 19 heavy (non-hydrogen) atoms. The highest BCUT2D eigenvalue weighted by Gasteiger charge is 2.06. The van der Waals surface area contributed by atoms with Crippen molar-refractivity contribution in [1.29, 1.82) is 0 Å². The Kier molecular flexibility index (Phi) is 4.63. The standard InChI is InChI=1S/C16H20N2O/c1-12(17)5-4-7-15(19)11-14-10-9-13-6-2-3-8-16(13)18-14/h2-3,6,8-10,12H,4-5,7,11,17H2,1H3. The molecule has 1 heterocycles. The van der Waals surface area contributed by atoms with Crippen molar-refractivity contribution in [2.75, 3.05) is 0 Å². The minimum atomic E-state index is 0.173. The summed E-state index contributed by atoms with van der Waals surface area (Å²) in [4.78, 5) is 16.4. The van der Waals surface area contributed by atoms with Crippen LogP contribution < -0.4 is 5.73 Å². The molecule has 0 amide bonds. The van der Waals surface area contributed by atoms with Crippen LogP contribution >= 0.6 is 0 Å². The van der Waals surface area contributed by atoms with E-state index in [1.807, 2.05) is 43.3 Å². The molecule has 0 radical (unpaired) electrons. The third kappa shape index (κ3) is 4.14. The molecule has 0 saturated heterocycles. The first kappa shape index (κ1) is 13.7. The van der Waals surface area contributed by atoms with Crippen LogP contribution in [0, 0.1) is 0 Å². The Labute approximate surface area is 113 Å². The lowest BCUT2D eigenvalue weighted by Crippen LogP contribution is -2.15. The molecule has 0 aliphatic rings. The average Bonchev–Trinajstić information content (AvgIpc) is 2.38. The van der Waals surface area contributed by atoms with Crippen molar-refractivity contribution >= 4 is 16.7 Å². The summed E-state index contributed by atoms with van der Waals surface area (Å²) in [5.74, 6) is 0.239. The molecule has 0 saturated carbocycles. The molecule has 1 atom stereocenters. The minimum Gasteiger partial charge on any atom is -0.328 e. The number of Topliss-reactive ketones (excluding diaryl/α,β-unsaturated/α-hetero) is 1. The van der Waals surface area contributed by atoms with Gasteiger partial charge in [-0.3, -0.25) is 9.78 Å². The van der Waals surface area contributed by atoms with Gasteiger partial charge in [0.15, 0.2) is 0 Å². The number of rotatable bonds is 6. The summed E-state index contributed by atoms with van der Waals surface area (Å²) in [6.45, 7) is 1.97. The minimum absolute atomic E-state index is 0.173. The zero-order valence-electron chi connectivity index (χ0n) is 11.3. The molecular formula is C16H20N2O. The van der Waals surface area contributed by atoms with E-state index in [0.29, 0.717) is 12.8 Å². The number of para-hydroxylation sites is 1. The van der Waals surface area contributed by atoms with Gasteiger partial charge in [-0.05, 0) is 31.9 Å². The third-order valence-electron chi connectivity index (χ3n) is 3.15. The van der Waals surface area contributed by atoms with E-state index in [2.05, 4.69) is 4.98 Å². The zero-order chi connectivity index (χ0) is 13.7. The lowest BCUT2D eigenvalue weighted by atomic mass is 10.1. The summed E-state index contributed by atoms with van der Waals surface area (Å²) in [7, 11) is 0. The second-order valence-corrected chi connectivity index (χ2v) is 5.08. The second-order valence-electron chi connectivity index (χ2n) is 5.08. The Bertz CT molecular complexity index is 563. The molecule has 3 heteroatoms. The first-order valence-electron chi connectivity index (χ1n) is 6.77. The molecule has 1 unspecified atom stereocenters. The van der Waals surface area contributed by atoms with Crippen LogP contribution in [-0.4, -0.2) is 16.8 Å². The van der Waals surface area contributed by atoms with Gasteiger partial charge in [-0.15, -0.1) is 0 Å². The molecule has 0 spiro atoms. The molecular weight excluding hydrogens is 236 g/mol. The predicted octanol–water partition coefficient (Wildman–Crippen LogP) is 2.86. The number of benzene rings is 1. The van der Waals surface area contributed by atoms with Crippen molar-refractivity contribution in [3.05, 3.63) is 42.1 Å². The molecule has 100 valence electrons.